The molecular weight excluding hydrogens is 290 g/mol. The van der Waals surface area contributed by atoms with E-state index in [1.807, 2.05) is 42.4 Å². The van der Waals surface area contributed by atoms with Gasteiger partial charge < -0.3 is 14.2 Å². The molecule has 1 fully saturated rings. The van der Waals surface area contributed by atoms with Crippen molar-refractivity contribution in [3.63, 3.8) is 0 Å². The number of aromatic nitrogens is 1. The van der Waals surface area contributed by atoms with E-state index in [0.717, 1.165) is 31.7 Å². The zero-order valence-electron chi connectivity index (χ0n) is 13.3. The number of hydrogen-bond donors (Lipinski definition) is 0. The molecule has 0 radical (unpaired) electrons. The van der Waals surface area contributed by atoms with Gasteiger partial charge in [-0.3, -0.25) is 4.79 Å². The van der Waals surface area contributed by atoms with Crippen molar-refractivity contribution in [3.8, 4) is 0 Å². The van der Waals surface area contributed by atoms with Crippen molar-refractivity contribution in [2.24, 2.45) is 0 Å². The summed E-state index contributed by atoms with van der Waals surface area (Å²) < 4.78 is 5.20. The molecule has 1 aliphatic rings. The number of pyridine rings is 1. The van der Waals surface area contributed by atoms with Gasteiger partial charge in [0.1, 0.15) is 11.6 Å². The lowest BCUT2D eigenvalue weighted by Crippen LogP contribution is -2.45. The predicted molar refractivity (Wildman–Crippen MR) is 90.0 cm³/mol. The molecule has 0 saturated carbocycles. The summed E-state index contributed by atoms with van der Waals surface area (Å²) in [4.78, 5) is 20.7. The van der Waals surface area contributed by atoms with Crippen LogP contribution in [0.3, 0.4) is 0 Å². The first-order valence-electron chi connectivity index (χ1n) is 7.88. The van der Waals surface area contributed by atoms with Crippen molar-refractivity contribution in [3.05, 3.63) is 54.6 Å². The lowest BCUT2D eigenvalue weighted by atomic mass is 10.0. The highest BCUT2D eigenvalue weighted by Gasteiger charge is 2.24. The number of hydrogen-bond acceptors (Lipinski definition) is 4. The molecule has 2 aromatic rings. The Hall–Kier alpha value is -2.56. The van der Waals surface area contributed by atoms with Crippen LogP contribution in [0.4, 0.5) is 5.82 Å². The molecule has 5 heteroatoms. The number of amides is 1. The van der Waals surface area contributed by atoms with Crippen LogP contribution in [0.5, 0.6) is 0 Å². The molecule has 0 N–H and O–H groups in total. The summed E-state index contributed by atoms with van der Waals surface area (Å²) in [5, 5.41) is 0. The highest BCUT2D eigenvalue weighted by atomic mass is 16.3. The van der Waals surface area contributed by atoms with E-state index in [9.17, 15) is 4.79 Å². The number of piperidine rings is 1. The third-order valence-corrected chi connectivity index (χ3v) is 4.27. The van der Waals surface area contributed by atoms with Crippen molar-refractivity contribution < 1.29 is 9.21 Å². The minimum Gasteiger partial charge on any atom is -0.465 e. The molecule has 1 aliphatic heterocycles. The molecule has 23 heavy (non-hydrogen) atoms. The predicted octanol–water partition coefficient (Wildman–Crippen LogP) is 2.82. The van der Waals surface area contributed by atoms with Crippen molar-refractivity contribution >= 4 is 17.8 Å². The van der Waals surface area contributed by atoms with E-state index in [2.05, 4.69) is 9.88 Å². The third kappa shape index (κ3) is 3.80. The first-order chi connectivity index (χ1) is 11.2. The molecule has 0 spiro atoms. The van der Waals surface area contributed by atoms with E-state index in [0.29, 0.717) is 5.76 Å². The fourth-order valence-corrected chi connectivity index (χ4v) is 2.86. The first-order valence-corrected chi connectivity index (χ1v) is 7.88. The van der Waals surface area contributed by atoms with Gasteiger partial charge in [-0.2, -0.15) is 0 Å². The Balaban J connectivity index is 1.53. The number of carbonyl (C=O) groups excluding carboxylic acids is 1. The topological polar surface area (TPSA) is 49.6 Å². The molecule has 120 valence electrons. The van der Waals surface area contributed by atoms with Crippen LogP contribution in [-0.2, 0) is 4.79 Å². The standard InChI is InChI=1S/C18H21N3O2/c1-20(18(22)8-7-16-5-4-14-23-16)15-9-12-21(13-10-15)17-6-2-3-11-19-17/h2-8,11,14-15H,9-10,12-13H2,1H3/b8-7-. The molecule has 0 bridgehead atoms. The monoisotopic (exact) mass is 311 g/mol. The highest BCUT2D eigenvalue weighted by molar-refractivity contribution is 5.91. The smallest absolute Gasteiger partial charge is 0.246 e. The molecule has 3 rings (SSSR count). The lowest BCUT2D eigenvalue weighted by Gasteiger charge is -2.36. The maximum atomic E-state index is 12.3. The van der Waals surface area contributed by atoms with Gasteiger partial charge in [-0.05, 0) is 43.2 Å². The summed E-state index contributed by atoms with van der Waals surface area (Å²) in [5.74, 6) is 1.71. The Morgan fingerprint density at radius 3 is 2.78 bits per heavy atom. The van der Waals surface area contributed by atoms with Gasteiger partial charge in [-0.1, -0.05) is 6.07 Å². The van der Waals surface area contributed by atoms with Crippen LogP contribution in [0, 0.1) is 0 Å². The number of carbonyl (C=O) groups is 1. The summed E-state index contributed by atoms with van der Waals surface area (Å²) >= 11 is 0. The summed E-state index contributed by atoms with van der Waals surface area (Å²) in [7, 11) is 1.87. The minimum atomic E-state index is 0.0117. The quantitative estimate of drug-likeness (QED) is 0.815. The van der Waals surface area contributed by atoms with Crippen LogP contribution in [0.15, 0.2) is 53.3 Å². The average molecular weight is 311 g/mol. The van der Waals surface area contributed by atoms with E-state index in [1.54, 1.807) is 24.5 Å². The second-order valence-corrected chi connectivity index (χ2v) is 5.70. The van der Waals surface area contributed by atoms with Gasteiger partial charge in [0.15, 0.2) is 0 Å². The fraction of sp³-hybridized carbons (Fsp3) is 0.333. The van der Waals surface area contributed by atoms with Gasteiger partial charge in [-0.15, -0.1) is 0 Å². The van der Waals surface area contributed by atoms with Crippen molar-refractivity contribution in [2.45, 2.75) is 18.9 Å². The van der Waals surface area contributed by atoms with Gasteiger partial charge in [0, 0.05) is 38.5 Å². The average Bonchev–Trinajstić information content (AvgIpc) is 3.13. The molecule has 0 atom stereocenters. The van der Waals surface area contributed by atoms with E-state index in [-0.39, 0.29) is 11.9 Å². The third-order valence-electron chi connectivity index (χ3n) is 4.27. The SMILES string of the molecule is CN(C(=O)/C=C\c1ccco1)C1CCN(c2ccccn2)CC1. The van der Waals surface area contributed by atoms with Gasteiger partial charge in [0.25, 0.3) is 0 Å². The van der Waals surface area contributed by atoms with Crippen LogP contribution < -0.4 is 4.90 Å². The summed E-state index contributed by atoms with van der Waals surface area (Å²) in [6, 6.07) is 9.86. The van der Waals surface area contributed by atoms with Crippen molar-refractivity contribution in [2.75, 3.05) is 25.0 Å². The summed E-state index contributed by atoms with van der Waals surface area (Å²) in [6.45, 7) is 1.84. The van der Waals surface area contributed by atoms with E-state index in [4.69, 9.17) is 4.42 Å². The molecule has 1 saturated heterocycles. The van der Waals surface area contributed by atoms with Gasteiger partial charge in [0.2, 0.25) is 5.91 Å². The largest absolute Gasteiger partial charge is 0.465 e. The zero-order valence-corrected chi connectivity index (χ0v) is 13.3. The van der Waals surface area contributed by atoms with Crippen LogP contribution in [0.1, 0.15) is 18.6 Å². The van der Waals surface area contributed by atoms with Crippen molar-refractivity contribution in [1.29, 1.82) is 0 Å². The Morgan fingerprint density at radius 2 is 2.13 bits per heavy atom. The zero-order chi connectivity index (χ0) is 16.1. The molecule has 5 nitrogen and oxygen atoms in total. The Morgan fingerprint density at radius 1 is 1.30 bits per heavy atom. The number of furan rings is 1. The van der Waals surface area contributed by atoms with E-state index < -0.39 is 0 Å². The van der Waals surface area contributed by atoms with Crippen LogP contribution >= 0.6 is 0 Å². The van der Waals surface area contributed by atoms with E-state index >= 15 is 0 Å². The summed E-state index contributed by atoms with van der Waals surface area (Å²) in [6.07, 6.45) is 8.60. The molecule has 2 aromatic heterocycles. The Kier molecular flexibility index (Phi) is 4.76. The summed E-state index contributed by atoms with van der Waals surface area (Å²) in [5.41, 5.74) is 0. The maximum Gasteiger partial charge on any atom is 0.246 e. The van der Waals surface area contributed by atoms with Crippen molar-refractivity contribution in [1.82, 2.24) is 9.88 Å². The fourth-order valence-electron chi connectivity index (χ4n) is 2.86. The second-order valence-electron chi connectivity index (χ2n) is 5.70. The van der Waals surface area contributed by atoms with Gasteiger partial charge in [0.05, 0.1) is 6.26 Å². The highest BCUT2D eigenvalue weighted by Crippen LogP contribution is 2.20. The molecule has 0 aromatic carbocycles. The molecule has 0 aliphatic carbocycles. The molecule has 0 unspecified atom stereocenters. The maximum absolute atomic E-state index is 12.3. The van der Waals surface area contributed by atoms with E-state index in [1.165, 1.54) is 0 Å². The van der Waals surface area contributed by atoms with Crippen LogP contribution in [-0.4, -0.2) is 42.0 Å². The second kappa shape index (κ2) is 7.13. The van der Waals surface area contributed by atoms with Crippen LogP contribution in [0.25, 0.3) is 6.08 Å². The number of nitrogens with zero attached hydrogens (tertiary/aromatic N) is 3. The molecule has 1 amide bonds. The Labute approximate surface area is 136 Å². The normalized spacial score (nSPS) is 16.0. The van der Waals surface area contributed by atoms with Gasteiger partial charge >= 0.3 is 0 Å². The molecular formula is C18H21N3O2. The number of rotatable bonds is 4. The van der Waals surface area contributed by atoms with Gasteiger partial charge in [-0.25, -0.2) is 4.98 Å². The number of anilines is 1. The number of likely N-dealkylation sites (N-methyl/N-ethyl adjacent to an activating group) is 1. The Bertz CT molecular complexity index is 644. The lowest BCUT2D eigenvalue weighted by molar-refractivity contribution is -0.127. The first kappa shape index (κ1) is 15.3. The molecule has 3 heterocycles. The van der Waals surface area contributed by atoms with Crippen LogP contribution in [0.2, 0.25) is 0 Å². The minimum absolute atomic E-state index is 0.0117.